The minimum atomic E-state index is 0.163. The van der Waals surface area contributed by atoms with Gasteiger partial charge < -0.3 is 5.32 Å². The van der Waals surface area contributed by atoms with Crippen LogP contribution in [0.1, 0.15) is 18.0 Å². The van der Waals surface area contributed by atoms with Gasteiger partial charge in [0.15, 0.2) is 0 Å². The third-order valence-corrected chi connectivity index (χ3v) is 4.34. The molecule has 0 saturated heterocycles. The Morgan fingerprint density at radius 1 is 1.16 bits per heavy atom. The number of thiazole rings is 1. The number of benzene rings is 2. The Kier molecular flexibility index (Phi) is 3.40. The molecule has 1 atom stereocenters. The van der Waals surface area contributed by atoms with E-state index in [1.54, 1.807) is 11.3 Å². The molecule has 0 amide bonds. The molecular weight excluding hydrogens is 276 g/mol. The molecule has 1 unspecified atom stereocenters. The SMILES string of the molecule is CC(Nc1cccc(Cl)c1)c1nc2ccccc2s1. The Hall–Kier alpha value is -1.58. The molecule has 3 aromatic rings. The second-order valence-corrected chi connectivity index (χ2v) is 5.89. The van der Waals surface area contributed by atoms with Crippen molar-refractivity contribution in [2.24, 2.45) is 0 Å². The first-order chi connectivity index (χ1) is 9.22. The number of hydrogen-bond donors (Lipinski definition) is 1. The van der Waals surface area contributed by atoms with Crippen LogP contribution in [0.15, 0.2) is 48.5 Å². The molecule has 0 fully saturated rings. The molecule has 4 heteroatoms. The van der Waals surface area contributed by atoms with Crippen molar-refractivity contribution in [3.8, 4) is 0 Å². The highest BCUT2D eigenvalue weighted by atomic mass is 35.5. The molecule has 2 aromatic carbocycles. The molecule has 0 spiro atoms. The molecule has 0 aliphatic heterocycles. The van der Waals surface area contributed by atoms with Crippen LogP contribution in [0, 0.1) is 0 Å². The monoisotopic (exact) mass is 288 g/mol. The summed E-state index contributed by atoms with van der Waals surface area (Å²) in [5.74, 6) is 0. The van der Waals surface area contributed by atoms with Crippen LogP contribution in [0.25, 0.3) is 10.2 Å². The average Bonchev–Trinajstić information content (AvgIpc) is 2.82. The molecule has 1 N–H and O–H groups in total. The minimum absolute atomic E-state index is 0.163. The average molecular weight is 289 g/mol. The molecule has 0 aliphatic rings. The molecule has 3 rings (SSSR count). The highest BCUT2D eigenvalue weighted by molar-refractivity contribution is 7.18. The summed E-state index contributed by atoms with van der Waals surface area (Å²) in [6.45, 7) is 2.11. The summed E-state index contributed by atoms with van der Waals surface area (Å²) in [7, 11) is 0. The van der Waals surface area contributed by atoms with Gasteiger partial charge in [0.05, 0.1) is 16.3 Å². The third-order valence-electron chi connectivity index (χ3n) is 2.89. The number of halogens is 1. The highest BCUT2D eigenvalue weighted by Crippen LogP contribution is 2.28. The van der Waals surface area contributed by atoms with E-state index in [-0.39, 0.29) is 6.04 Å². The third kappa shape index (κ3) is 2.72. The van der Waals surface area contributed by atoms with Crippen LogP contribution in [0.4, 0.5) is 5.69 Å². The van der Waals surface area contributed by atoms with Crippen LogP contribution in [-0.2, 0) is 0 Å². The van der Waals surface area contributed by atoms with Gasteiger partial charge in [0.25, 0.3) is 0 Å². The van der Waals surface area contributed by atoms with Crippen molar-refractivity contribution in [2.75, 3.05) is 5.32 Å². The van der Waals surface area contributed by atoms with E-state index in [9.17, 15) is 0 Å². The molecule has 0 aliphatic carbocycles. The van der Waals surface area contributed by atoms with E-state index in [4.69, 9.17) is 11.6 Å². The largest absolute Gasteiger partial charge is 0.376 e. The topological polar surface area (TPSA) is 24.9 Å². The zero-order valence-corrected chi connectivity index (χ0v) is 12.0. The van der Waals surface area contributed by atoms with Crippen LogP contribution >= 0.6 is 22.9 Å². The van der Waals surface area contributed by atoms with Gasteiger partial charge in [-0.05, 0) is 37.3 Å². The van der Waals surface area contributed by atoms with Crippen molar-refractivity contribution in [1.82, 2.24) is 4.98 Å². The van der Waals surface area contributed by atoms with Gasteiger partial charge >= 0.3 is 0 Å². The zero-order chi connectivity index (χ0) is 13.2. The van der Waals surface area contributed by atoms with Gasteiger partial charge in [-0.25, -0.2) is 4.98 Å². The van der Waals surface area contributed by atoms with Crippen molar-refractivity contribution in [3.63, 3.8) is 0 Å². The number of para-hydroxylation sites is 1. The first kappa shape index (κ1) is 12.5. The Labute approximate surface area is 121 Å². The molecule has 1 heterocycles. The van der Waals surface area contributed by atoms with Gasteiger partial charge in [0, 0.05) is 10.7 Å². The van der Waals surface area contributed by atoms with Crippen molar-refractivity contribution < 1.29 is 0 Å². The summed E-state index contributed by atoms with van der Waals surface area (Å²) in [5.41, 5.74) is 2.07. The van der Waals surface area contributed by atoms with Crippen LogP contribution in [-0.4, -0.2) is 4.98 Å². The molecular formula is C15H13ClN2S. The van der Waals surface area contributed by atoms with E-state index < -0.39 is 0 Å². The van der Waals surface area contributed by atoms with Crippen molar-refractivity contribution in [2.45, 2.75) is 13.0 Å². The first-order valence-electron chi connectivity index (χ1n) is 6.10. The fourth-order valence-electron chi connectivity index (χ4n) is 1.97. The van der Waals surface area contributed by atoms with Crippen LogP contribution < -0.4 is 5.32 Å². The van der Waals surface area contributed by atoms with Crippen LogP contribution in [0.2, 0.25) is 5.02 Å². The molecule has 1 aromatic heterocycles. The molecule has 0 radical (unpaired) electrons. The molecule has 0 saturated carbocycles. The van der Waals surface area contributed by atoms with Crippen LogP contribution in [0.5, 0.6) is 0 Å². The lowest BCUT2D eigenvalue weighted by Crippen LogP contribution is -2.05. The summed E-state index contributed by atoms with van der Waals surface area (Å²) in [6, 6.07) is 16.1. The fraction of sp³-hybridized carbons (Fsp3) is 0.133. The van der Waals surface area contributed by atoms with E-state index in [0.29, 0.717) is 0 Å². The van der Waals surface area contributed by atoms with Gasteiger partial charge in [-0.15, -0.1) is 11.3 Å². The quantitative estimate of drug-likeness (QED) is 0.723. The van der Waals surface area contributed by atoms with Gasteiger partial charge in [0.1, 0.15) is 5.01 Å². The molecule has 2 nitrogen and oxygen atoms in total. The summed E-state index contributed by atoms with van der Waals surface area (Å²) < 4.78 is 1.22. The number of aromatic nitrogens is 1. The number of anilines is 1. The van der Waals surface area contributed by atoms with E-state index in [1.165, 1.54) is 4.70 Å². The fourth-order valence-corrected chi connectivity index (χ4v) is 3.13. The van der Waals surface area contributed by atoms with E-state index in [1.807, 2.05) is 42.5 Å². The maximum absolute atomic E-state index is 5.99. The van der Waals surface area contributed by atoms with E-state index in [0.717, 1.165) is 21.2 Å². The van der Waals surface area contributed by atoms with Gasteiger partial charge in [0.2, 0.25) is 0 Å². The standard InChI is InChI=1S/C15H13ClN2S/c1-10(17-12-6-4-5-11(16)9-12)15-18-13-7-2-3-8-14(13)19-15/h2-10,17H,1H3. The summed E-state index contributed by atoms with van der Waals surface area (Å²) in [6.07, 6.45) is 0. The van der Waals surface area contributed by atoms with E-state index >= 15 is 0 Å². The second kappa shape index (κ2) is 5.19. The number of rotatable bonds is 3. The van der Waals surface area contributed by atoms with Gasteiger partial charge in [-0.1, -0.05) is 29.8 Å². The lowest BCUT2D eigenvalue weighted by Gasteiger charge is -2.12. The lowest BCUT2D eigenvalue weighted by molar-refractivity contribution is 0.874. The Bertz CT molecular complexity index is 675. The van der Waals surface area contributed by atoms with Crippen LogP contribution in [0.3, 0.4) is 0 Å². The Balaban J connectivity index is 1.85. The van der Waals surface area contributed by atoms with Gasteiger partial charge in [-0.2, -0.15) is 0 Å². The summed E-state index contributed by atoms with van der Waals surface area (Å²) in [5, 5.41) is 5.25. The Morgan fingerprint density at radius 2 is 2.00 bits per heavy atom. The molecule has 0 bridgehead atoms. The summed E-state index contributed by atoms with van der Waals surface area (Å²) in [4.78, 5) is 4.65. The zero-order valence-electron chi connectivity index (χ0n) is 10.4. The van der Waals surface area contributed by atoms with E-state index in [2.05, 4.69) is 23.3 Å². The normalized spacial score (nSPS) is 12.5. The smallest absolute Gasteiger partial charge is 0.116 e. The van der Waals surface area contributed by atoms with Crippen molar-refractivity contribution in [1.29, 1.82) is 0 Å². The second-order valence-electron chi connectivity index (χ2n) is 4.40. The lowest BCUT2D eigenvalue weighted by atomic mass is 10.2. The number of nitrogens with zero attached hydrogens (tertiary/aromatic N) is 1. The maximum atomic E-state index is 5.99. The van der Waals surface area contributed by atoms with Gasteiger partial charge in [-0.3, -0.25) is 0 Å². The Morgan fingerprint density at radius 3 is 2.79 bits per heavy atom. The van der Waals surface area contributed by atoms with Crippen molar-refractivity contribution in [3.05, 3.63) is 58.6 Å². The number of fused-ring (bicyclic) bond motifs is 1. The molecule has 19 heavy (non-hydrogen) atoms. The minimum Gasteiger partial charge on any atom is -0.376 e. The predicted molar refractivity (Wildman–Crippen MR) is 83.1 cm³/mol. The number of hydrogen-bond acceptors (Lipinski definition) is 3. The predicted octanol–water partition coefficient (Wildman–Crippen LogP) is 5.12. The number of nitrogens with one attached hydrogen (secondary N) is 1. The first-order valence-corrected chi connectivity index (χ1v) is 7.29. The summed E-state index contributed by atoms with van der Waals surface area (Å²) >= 11 is 7.71. The maximum Gasteiger partial charge on any atom is 0.116 e. The molecule has 96 valence electrons. The highest BCUT2D eigenvalue weighted by Gasteiger charge is 2.11. The van der Waals surface area contributed by atoms with Crippen molar-refractivity contribution >= 4 is 38.8 Å².